The Balaban J connectivity index is 1.90. The van der Waals surface area contributed by atoms with Crippen molar-refractivity contribution in [3.8, 4) is 11.5 Å². The van der Waals surface area contributed by atoms with Crippen molar-refractivity contribution >= 4 is 29.1 Å². The number of hydrogen-bond donors (Lipinski definition) is 2. The first kappa shape index (κ1) is 17.3. The molecule has 0 radical (unpaired) electrons. The highest BCUT2D eigenvalue weighted by molar-refractivity contribution is 6.31. The van der Waals surface area contributed by atoms with Crippen molar-refractivity contribution in [3.05, 3.63) is 53.1 Å². The third kappa shape index (κ3) is 3.92. The molecule has 1 aliphatic rings. The molecule has 3 rings (SSSR count). The Hall–Kier alpha value is -2.57. The number of nitrogens with one attached hydrogen (secondary N) is 1. The Morgan fingerprint density at radius 2 is 2.00 bits per heavy atom. The number of hydrogen-bond acceptors (Lipinski definition) is 4. The second-order valence-corrected chi connectivity index (χ2v) is 6.05. The van der Waals surface area contributed by atoms with Crippen LogP contribution in [0.3, 0.4) is 0 Å². The second kappa shape index (κ2) is 7.55. The lowest BCUT2D eigenvalue weighted by Crippen LogP contribution is -2.40. The highest BCUT2D eigenvalue weighted by Gasteiger charge is 2.25. The van der Waals surface area contributed by atoms with E-state index >= 15 is 0 Å². The molecule has 3 N–H and O–H groups in total. The van der Waals surface area contributed by atoms with Crippen LogP contribution in [0.2, 0.25) is 5.02 Å². The van der Waals surface area contributed by atoms with E-state index in [0.717, 1.165) is 5.56 Å². The zero-order chi connectivity index (χ0) is 17.8. The summed E-state index contributed by atoms with van der Waals surface area (Å²) in [5, 5.41) is 3.08. The summed E-state index contributed by atoms with van der Waals surface area (Å²) in [4.78, 5) is 25.9. The van der Waals surface area contributed by atoms with Crippen molar-refractivity contribution in [1.82, 2.24) is 5.32 Å². The van der Waals surface area contributed by atoms with Gasteiger partial charge in [-0.3, -0.25) is 9.59 Å². The molecule has 2 amide bonds. The molecule has 7 heteroatoms. The fraction of sp³-hybridized carbons (Fsp3) is 0.222. The van der Waals surface area contributed by atoms with Crippen LogP contribution in [0.4, 0.5) is 5.69 Å². The summed E-state index contributed by atoms with van der Waals surface area (Å²) in [5.74, 6) is 0.715. The molecule has 0 atom stereocenters. The van der Waals surface area contributed by atoms with E-state index < -0.39 is 0 Å². The minimum absolute atomic E-state index is 0.118. The van der Waals surface area contributed by atoms with Crippen LogP contribution in [0.15, 0.2) is 42.5 Å². The van der Waals surface area contributed by atoms with E-state index in [0.29, 0.717) is 28.8 Å². The van der Waals surface area contributed by atoms with E-state index in [1.807, 2.05) is 24.3 Å². The van der Waals surface area contributed by atoms with Crippen LogP contribution in [-0.4, -0.2) is 24.9 Å². The van der Waals surface area contributed by atoms with Crippen LogP contribution in [0, 0.1) is 0 Å². The van der Waals surface area contributed by atoms with Gasteiger partial charge < -0.3 is 20.7 Å². The topological polar surface area (TPSA) is 84.7 Å². The molecule has 2 aromatic carbocycles. The Morgan fingerprint density at radius 3 is 2.80 bits per heavy atom. The van der Waals surface area contributed by atoms with Crippen LogP contribution in [-0.2, 0) is 16.1 Å². The van der Waals surface area contributed by atoms with Crippen LogP contribution in [0.5, 0.6) is 11.5 Å². The van der Waals surface area contributed by atoms with E-state index in [9.17, 15) is 9.59 Å². The standard InChI is InChI=1S/C18H18ClN3O3/c19-13-5-6-16-14(9-13)22(18(24)10-21-17(23)7-8-20)11-12-3-1-2-4-15(12)25-16/h1-6,9H,7-8,10-11,20H2,(H,21,23). The average molecular weight is 360 g/mol. The van der Waals surface area contributed by atoms with Crippen molar-refractivity contribution < 1.29 is 14.3 Å². The fourth-order valence-electron chi connectivity index (χ4n) is 2.61. The first-order chi connectivity index (χ1) is 12.1. The zero-order valence-electron chi connectivity index (χ0n) is 13.5. The molecule has 0 unspecified atom stereocenters. The molecule has 0 saturated carbocycles. The van der Waals surface area contributed by atoms with Gasteiger partial charge in [-0.25, -0.2) is 0 Å². The molecular formula is C18H18ClN3O3. The lowest BCUT2D eigenvalue weighted by Gasteiger charge is -2.22. The minimum Gasteiger partial charge on any atom is -0.455 e. The smallest absolute Gasteiger partial charge is 0.246 e. The molecular weight excluding hydrogens is 342 g/mol. The van der Waals surface area contributed by atoms with Crippen LogP contribution in [0.1, 0.15) is 12.0 Å². The molecule has 2 aromatic rings. The molecule has 6 nitrogen and oxygen atoms in total. The number of amides is 2. The number of rotatable bonds is 4. The van der Waals surface area contributed by atoms with Crippen LogP contribution < -0.4 is 20.7 Å². The summed E-state index contributed by atoms with van der Waals surface area (Å²) in [6, 6.07) is 12.6. The molecule has 25 heavy (non-hydrogen) atoms. The van der Waals surface area contributed by atoms with Crippen LogP contribution >= 0.6 is 11.6 Å². The summed E-state index contributed by atoms with van der Waals surface area (Å²) < 4.78 is 5.95. The quantitative estimate of drug-likeness (QED) is 0.878. The summed E-state index contributed by atoms with van der Waals surface area (Å²) in [6.07, 6.45) is 0.182. The van der Waals surface area contributed by atoms with Gasteiger partial charge in [-0.15, -0.1) is 0 Å². The van der Waals surface area contributed by atoms with Crippen molar-refractivity contribution in [2.24, 2.45) is 5.73 Å². The maximum absolute atomic E-state index is 12.7. The van der Waals surface area contributed by atoms with Gasteiger partial charge in [0, 0.05) is 23.6 Å². The van der Waals surface area contributed by atoms with Gasteiger partial charge in [0.05, 0.1) is 18.8 Å². The number of anilines is 1. The number of ether oxygens (including phenoxy) is 1. The van der Waals surface area contributed by atoms with Gasteiger partial charge in [-0.1, -0.05) is 29.8 Å². The van der Waals surface area contributed by atoms with E-state index in [2.05, 4.69) is 5.32 Å². The van der Waals surface area contributed by atoms with E-state index in [1.165, 1.54) is 0 Å². The summed E-state index contributed by atoms with van der Waals surface area (Å²) in [6.45, 7) is 0.450. The fourth-order valence-corrected chi connectivity index (χ4v) is 2.77. The molecule has 1 heterocycles. The summed E-state index contributed by atoms with van der Waals surface area (Å²) in [5.41, 5.74) is 6.79. The molecule has 0 aliphatic carbocycles. The van der Waals surface area contributed by atoms with Gasteiger partial charge in [0.25, 0.3) is 0 Å². The molecule has 0 spiro atoms. The Labute approximate surface area is 150 Å². The predicted octanol–water partition coefficient (Wildman–Crippen LogP) is 2.44. The van der Waals surface area contributed by atoms with Crippen molar-refractivity contribution in [1.29, 1.82) is 0 Å². The monoisotopic (exact) mass is 359 g/mol. The van der Waals surface area contributed by atoms with E-state index in [4.69, 9.17) is 22.1 Å². The van der Waals surface area contributed by atoms with Crippen molar-refractivity contribution in [3.63, 3.8) is 0 Å². The minimum atomic E-state index is -0.256. The average Bonchev–Trinajstić information content (AvgIpc) is 2.76. The van der Waals surface area contributed by atoms with Gasteiger partial charge in [-0.2, -0.15) is 0 Å². The maximum atomic E-state index is 12.7. The third-order valence-electron chi connectivity index (χ3n) is 3.84. The highest BCUT2D eigenvalue weighted by Crippen LogP contribution is 2.40. The van der Waals surface area contributed by atoms with Gasteiger partial charge in [0.15, 0.2) is 5.75 Å². The Morgan fingerprint density at radius 1 is 1.20 bits per heavy atom. The zero-order valence-corrected chi connectivity index (χ0v) is 14.3. The van der Waals surface area contributed by atoms with Crippen molar-refractivity contribution in [2.45, 2.75) is 13.0 Å². The predicted molar refractivity (Wildman–Crippen MR) is 95.8 cm³/mol. The molecule has 0 aromatic heterocycles. The Bertz CT molecular complexity index is 810. The first-order valence-electron chi connectivity index (χ1n) is 7.91. The molecule has 130 valence electrons. The summed E-state index contributed by atoms with van der Waals surface area (Å²) >= 11 is 6.10. The molecule has 0 fully saturated rings. The van der Waals surface area contributed by atoms with Gasteiger partial charge >= 0.3 is 0 Å². The van der Waals surface area contributed by atoms with Gasteiger partial charge in [0.1, 0.15) is 5.75 Å². The number of halogens is 1. The number of carbonyl (C=O) groups is 2. The number of nitrogens with two attached hydrogens (primary N) is 1. The molecule has 1 aliphatic heterocycles. The lowest BCUT2D eigenvalue weighted by atomic mass is 10.2. The second-order valence-electron chi connectivity index (χ2n) is 5.62. The number of nitrogens with zero attached hydrogens (tertiary/aromatic N) is 1. The van der Waals surface area contributed by atoms with Gasteiger partial charge in [0.2, 0.25) is 11.8 Å². The maximum Gasteiger partial charge on any atom is 0.246 e. The van der Waals surface area contributed by atoms with Crippen LogP contribution in [0.25, 0.3) is 0 Å². The first-order valence-corrected chi connectivity index (χ1v) is 8.28. The largest absolute Gasteiger partial charge is 0.455 e. The lowest BCUT2D eigenvalue weighted by molar-refractivity contribution is -0.124. The Kier molecular flexibility index (Phi) is 5.21. The molecule has 0 bridgehead atoms. The third-order valence-corrected chi connectivity index (χ3v) is 4.08. The number of para-hydroxylation sites is 1. The van der Waals surface area contributed by atoms with Gasteiger partial charge in [-0.05, 0) is 24.3 Å². The SMILES string of the molecule is NCCC(=O)NCC(=O)N1Cc2ccccc2Oc2ccc(Cl)cc21. The summed E-state index contributed by atoms with van der Waals surface area (Å²) in [7, 11) is 0. The number of benzene rings is 2. The van der Waals surface area contributed by atoms with E-state index in [1.54, 1.807) is 23.1 Å². The number of fused-ring (bicyclic) bond motifs is 2. The van der Waals surface area contributed by atoms with Crippen molar-refractivity contribution in [2.75, 3.05) is 18.0 Å². The highest BCUT2D eigenvalue weighted by atomic mass is 35.5. The number of carbonyl (C=O) groups excluding carboxylic acids is 2. The van der Waals surface area contributed by atoms with E-state index in [-0.39, 0.29) is 31.3 Å². The molecule has 0 saturated heterocycles. The normalized spacial score (nSPS) is 12.5.